The van der Waals surface area contributed by atoms with Gasteiger partial charge in [-0.3, -0.25) is 14.9 Å². The summed E-state index contributed by atoms with van der Waals surface area (Å²) in [5.41, 5.74) is 6.32. The van der Waals surface area contributed by atoms with E-state index in [9.17, 15) is 14.9 Å². The largest absolute Gasteiger partial charge is 0.398 e. The van der Waals surface area contributed by atoms with E-state index in [1.807, 2.05) is 0 Å². The number of hydrogen-bond acceptors (Lipinski definition) is 4. The Kier molecular flexibility index (Phi) is 3.26. The van der Waals surface area contributed by atoms with Crippen LogP contribution in [0.15, 0.2) is 12.1 Å². The zero-order valence-corrected chi connectivity index (χ0v) is 8.75. The van der Waals surface area contributed by atoms with Crippen LogP contribution in [-0.2, 0) is 0 Å². The maximum atomic E-state index is 11.3. The van der Waals surface area contributed by atoms with E-state index in [4.69, 9.17) is 17.3 Å². The SMILES string of the molecule is Cc1cc([N+](=O)[O-])cc(C(=O)CCl)c1N. The summed E-state index contributed by atoms with van der Waals surface area (Å²) in [4.78, 5) is 21.3. The molecule has 0 unspecified atom stereocenters. The smallest absolute Gasteiger partial charge is 0.270 e. The van der Waals surface area contributed by atoms with E-state index in [-0.39, 0.29) is 22.8 Å². The quantitative estimate of drug-likeness (QED) is 0.281. The lowest BCUT2D eigenvalue weighted by atomic mass is 10.0. The van der Waals surface area contributed by atoms with Crippen molar-refractivity contribution in [3.63, 3.8) is 0 Å². The third kappa shape index (κ3) is 2.24. The molecule has 1 rings (SSSR count). The van der Waals surface area contributed by atoms with Crippen molar-refractivity contribution in [1.82, 2.24) is 0 Å². The summed E-state index contributed by atoms with van der Waals surface area (Å²) in [7, 11) is 0. The molecule has 15 heavy (non-hydrogen) atoms. The highest BCUT2D eigenvalue weighted by atomic mass is 35.5. The third-order valence-corrected chi connectivity index (χ3v) is 2.25. The Morgan fingerprint density at radius 1 is 1.60 bits per heavy atom. The second-order valence-electron chi connectivity index (χ2n) is 3.04. The number of rotatable bonds is 3. The van der Waals surface area contributed by atoms with Crippen molar-refractivity contribution in [3.8, 4) is 0 Å². The molecule has 0 radical (unpaired) electrons. The van der Waals surface area contributed by atoms with Crippen LogP contribution in [0.1, 0.15) is 15.9 Å². The Labute approximate surface area is 91.0 Å². The monoisotopic (exact) mass is 228 g/mol. The zero-order valence-electron chi connectivity index (χ0n) is 7.99. The van der Waals surface area contributed by atoms with Gasteiger partial charge in [-0.2, -0.15) is 0 Å². The van der Waals surface area contributed by atoms with Crippen LogP contribution in [0.3, 0.4) is 0 Å². The molecule has 0 saturated carbocycles. The number of carbonyl (C=O) groups excluding carboxylic acids is 1. The molecule has 0 bridgehead atoms. The fourth-order valence-corrected chi connectivity index (χ4v) is 1.33. The van der Waals surface area contributed by atoms with Gasteiger partial charge in [-0.25, -0.2) is 0 Å². The first-order valence-electron chi connectivity index (χ1n) is 4.11. The number of ketones is 1. The minimum Gasteiger partial charge on any atom is -0.398 e. The Morgan fingerprint density at radius 3 is 2.67 bits per heavy atom. The summed E-state index contributed by atoms with van der Waals surface area (Å²) in [5.74, 6) is -0.661. The molecule has 6 heteroatoms. The molecule has 80 valence electrons. The van der Waals surface area contributed by atoms with E-state index in [1.165, 1.54) is 6.07 Å². The predicted molar refractivity (Wildman–Crippen MR) is 57.3 cm³/mol. The highest BCUT2D eigenvalue weighted by Crippen LogP contribution is 2.24. The van der Waals surface area contributed by atoms with Gasteiger partial charge in [-0.1, -0.05) is 0 Å². The van der Waals surface area contributed by atoms with Crippen molar-refractivity contribution < 1.29 is 9.72 Å². The van der Waals surface area contributed by atoms with Crippen molar-refractivity contribution in [2.24, 2.45) is 0 Å². The number of nitro groups is 1. The summed E-state index contributed by atoms with van der Waals surface area (Å²) < 4.78 is 0. The Balaban J connectivity index is 3.37. The van der Waals surface area contributed by atoms with Crippen LogP contribution in [-0.4, -0.2) is 16.6 Å². The average Bonchev–Trinajstić information content (AvgIpc) is 2.20. The zero-order chi connectivity index (χ0) is 11.6. The normalized spacial score (nSPS) is 10.0. The Bertz CT molecular complexity index is 432. The van der Waals surface area contributed by atoms with Gasteiger partial charge < -0.3 is 5.73 Å². The summed E-state index contributed by atoms with van der Waals surface area (Å²) >= 11 is 5.37. The first-order valence-corrected chi connectivity index (χ1v) is 4.64. The Morgan fingerprint density at radius 2 is 2.20 bits per heavy atom. The first kappa shape index (κ1) is 11.5. The van der Waals surface area contributed by atoms with Crippen molar-refractivity contribution in [3.05, 3.63) is 33.4 Å². The predicted octanol–water partition coefficient (Wildman–Crippen LogP) is 1.91. The number of anilines is 1. The van der Waals surface area contributed by atoms with E-state index in [2.05, 4.69) is 0 Å². The van der Waals surface area contributed by atoms with Gasteiger partial charge in [-0.05, 0) is 12.5 Å². The molecule has 0 saturated heterocycles. The van der Waals surface area contributed by atoms with E-state index in [0.717, 1.165) is 6.07 Å². The number of nitro benzene ring substituents is 1. The number of Topliss-reactive ketones (excluding diaryl/α,β-unsaturated/α-hetero) is 1. The van der Waals surface area contributed by atoms with E-state index >= 15 is 0 Å². The Hall–Kier alpha value is -1.62. The average molecular weight is 229 g/mol. The van der Waals surface area contributed by atoms with Crippen LogP contribution < -0.4 is 5.73 Å². The molecule has 5 nitrogen and oxygen atoms in total. The van der Waals surface area contributed by atoms with Gasteiger partial charge in [0.05, 0.1) is 10.8 Å². The highest BCUT2D eigenvalue weighted by Gasteiger charge is 2.16. The topological polar surface area (TPSA) is 86.2 Å². The van der Waals surface area contributed by atoms with E-state index in [0.29, 0.717) is 5.56 Å². The lowest BCUT2D eigenvalue weighted by Gasteiger charge is -2.05. The third-order valence-electron chi connectivity index (χ3n) is 2.00. The van der Waals surface area contributed by atoms with Gasteiger partial charge in [-0.15, -0.1) is 11.6 Å². The molecule has 0 aliphatic carbocycles. The van der Waals surface area contributed by atoms with Gasteiger partial charge >= 0.3 is 0 Å². The lowest BCUT2D eigenvalue weighted by molar-refractivity contribution is -0.384. The molecule has 0 fully saturated rings. The van der Waals surface area contributed by atoms with E-state index in [1.54, 1.807) is 6.92 Å². The number of non-ortho nitro benzene ring substituents is 1. The molecule has 0 spiro atoms. The summed E-state index contributed by atoms with van der Waals surface area (Å²) in [5, 5.41) is 10.5. The molecule has 0 heterocycles. The van der Waals surface area contributed by atoms with Crippen LogP contribution in [0.5, 0.6) is 0 Å². The minimum atomic E-state index is -0.572. The fourth-order valence-electron chi connectivity index (χ4n) is 1.19. The van der Waals surface area contributed by atoms with E-state index < -0.39 is 10.7 Å². The second-order valence-corrected chi connectivity index (χ2v) is 3.31. The number of carbonyl (C=O) groups is 1. The lowest BCUT2D eigenvalue weighted by Crippen LogP contribution is -2.07. The van der Waals surface area contributed by atoms with Crippen LogP contribution in [0.25, 0.3) is 0 Å². The highest BCUT2D eigenvalue weighted by molar-refractivity contribution is 6.31. The van der Waals surface area contributed by atoms with Crippen molar-refractivity contribution >= 4 is 28.8 Å². The van der Waals surface area contributed by atoms with Crippen molar-refractivity contribution in [2.75, 3.05) is 11.6 Å². The van der Waals surface area contributed by atoms with Gasteiger partial charge in [0, 0.05) is 23.4 Å². The van der Waals surface area contributed by atoms with Gasteiger partial charge in [0.2, 0.25) is 0 Å². The first-order chi connectivity index (χ1) is 6.97. The molecule has 0 aromatic heterocycles. The van der Waals surface area contributed by atoms with Crippen molar-refractivity contribution in [1.29, 1.82) is 0 Å². The number of nitrogens with zero attached hydrogens (tertiary/aromatic N) is 1. The number of alkyl halides is 1. The van der Waals surface area contributed by atoms with Gasteiger partial charge in [0.1, 0.15) is 0 Å². The number of nitrogen functional groups attached to an aromatic ring is 1. The summed E-state index contributed by atoms with van der Waals surface area (Å²) in [6.07, 6.45) is 0. The molecule has 1 aromatic rings. The molecule has 2 N–H and O–H groups in total. The van der Waals surface area contributed by atoms with Gasteiger partial charge in [0.15, 0.2) is 5.78 Å². The van der Waals surface area contributed by atoms with Crippen LogP contribution in [0.2, 0.25) is 0 Å². The molecule has 0 atom stereocenters. The van der Waals surface area contributed by atoms with Gasteiger partial charge in [0.25, 0.3) is 5.69 Å². The maximum absolute atomic E-state index is 11.3. The molecule has 1 aromatic carbocycles. The fraction of sp³-hybridized carbons (Fsp3) is 0.222. The number of benzene rings is 1. The number of nitrogens with two attached hydrogens (primary N) is 1. The second kappa shape index (κ2) is 4.27. The molecule has 0 aliphatic heterocycles. The molecule has 0 amide bonds. The number of halogens is 1. The van der Waals surface area contributed by atoms with Crippen LogP contribution in [0, 0.1) is 17.0 Å². The van der Waals surface area contributed by atoms with Crippen molar-refractivity contribution in [2.45, 2.75) is 6.92 Å². The number of hydrogen-bond donors (Lipinski definition) is 1. The summed E-state index contributed by atoms with van der Waals surface area (Å²) in [6, 6.07) is 2.47. The minimum absolute atomic E-state index is 0.108. The number of aryl methyl sites for hydroxylation is 1. The molecule has 0 aliphatic rings. The van der Waals surface area contributed by atoms with Crippen LogP contribution in [0.4, 0.5) is 11.4 Å². The standard InChI is InChI=1S/C9H9ClN2O3/c1-5-2-6(12(14)15)3-7(9(5)11)8(13)4-10/h2-3H,4,11H2,1H3. The summed E-state index contributed by atoms with van der Waals surface area (Å²) in [6.45, 7) is 1.60. The molecular formula is C9H9ClN2O3. The van der Waals surface area contributed by atoms with Crippen LogP contribution >= 0.6 is 11.6 Å². The molecular weight excluding hydrogens is 220 g/mol. The maximum Gasteiger partial charge on any atom is 0.270 e.